The molecule has 3 aromatic carbocycles. The lowest BCUT2D eigenvalue weighted by Crippen LogP contribution is -2.29. The molecule has 0 radical (unpaired) electrons. The molecular formula is C28H26BrN5O5. The van der Waals surface area contributed by atoms with Crippen molar-refractivity contribution >= 4 is 50.3 Å². The molecule has 0 aliphatic carbocycles. The van der Waals surface area contributed by atoms with Gasteiger partial charge in [0.25, 0.3) is 11.5 Å². The van der Waals surface area contributed by atoms with Crippen molar-refractivity contribution in [3.05, 3.63) is 103 Å². The first kappa shape index (κ1) is 27.6. The van der Waals surface area contributed by atoms with Gasteiger partial charge in [-0.3, -0.25) is 19.7 Å². The van der Waals surface area contributed by atoms with Crippen LogP contribution in [0.4, 0.5) is 11.4 Å². The summed E-state index contributed by atoms with van der Waals surface area (Å²) in [4.78, 5) is 41.8. The summed E-state index contributed by atoms with van der Waals surface area (Å²) in [7, 11) is 0. The Morgan fingerprint density at radius 3 is 2.62 bits per heavy atom. The zero-order valence-electron chi connectivity index (χ0n) is 21.8. The van der Waals surface area contributed by atoms with Crippen LogP contribution in [0.25, 0.3) is 10.9 Å². The predicted molar refractivity (Wildman–Crippen MR) is 154 cm³/mol. The number of anilines is 1. The number of nitro benzene ring substituents is 1. The summed E-state index contributed by atoms with van der Waals surface area (Å²) in [5.41, 5.74) is 0.931. The molecule has 0 fully saturated rings. The van der Waals surface area contributed by atoms with Crippen LogP contribution in [0.5, 0.6) is 5.75 Å². The first-order valence-corrected chi connectivity index (χ1v) is 12.8. The summed E-state index contributed by atoms with van der Waals surface area (Å²) in [6.45, 7) is 7.08. The number of nitrogens with one attached hydrogen (secondary N) is 1. The standard InChI is InChI=1S/C28H26BrN5O5/c1-17-8-5-6-10-21(17)31-24(35)16-39-25-18(9-7-11-23(25)34(37)38)15-30-33-26(36)20-14-19(29)12-13-22(20)32-27(33)28(2,3)4/h5-15H,16H2,1-4H3,(H,31,35). The first-order valence-electron chi connectivity index (χ1n) is 12.0. The Morgan fingerprint density at radius 2 is 1.92 bits per heavy atom. The minimum absolute atomic E-state index is 0.145. The van der Waals surface area contributed by atoms with Gasteiger partial charge in [-0.15, -0.1) is 0 Å². The average molecular weight is 592 g/mol. The van der Waals surface area contributed by atoms with Gasteiger partial charge in [0.1, 0.15) is 5.82 Å². The zero-order valence-corrected chi connectivity index (χ0v) is 23.4. The van der Waals surface area contributed by atoms with Gasteiger partial charge in [-0.1, -0.05) is 61.0 Å². The summed E-state index contributed by atoms with van der Waals surface area (Å²) in [6, 6.07) is 16.7. The van der Waals surface area contributed by atoms with E-state index in [1.165, 1.54) is 23.0 Å². The number of halogens is 1. The summed E-state index contributed by atoms with van der Waals surface area (Å²) in [5, 5.41) is 19.2. The fourth-order valence-corrected chi connectivity index (χ4v) is 4.20. The van der Waals surface area contributed by atoms with Gasteiger partial charge in [-0.25, -0.2) is 4.98 Å². The molecule has 0 saturated carbocycles. The van der Waals surface area contributed by atoms with Crippen molar-refractivity contribution in [1.82, 2.24) is 9.66 Å². The Morgan fingerprint density at radius 1 is 1.18 bits per heavy atom. The molecule has 0 spiro atoms. The molecule has 1 aromatic heterocycles. The molecule has 10 nitrogen and oxygen atoms in total. The molecule has 1 N–H and O–H groups in total. The molecule has 200 valence electrons. The van der Waals surface area contributed by atoms with Gasteiger partial charge in [-0.2, -0.15) is 9.78 Å². The molecule has 1 amide bonds. The fraction of sp³-hybridized carbons (Fsp3) is 0.214. The number of fused-ring (bicyclic) bond motifs is 1. The van der Waals surface area contributed by atoms with E-state index in [4.69, 9.17) is 4.74 Å². The van der Waals surface area contributed by atoms with E-state index in [1.54, 1.807) is 36.4 Å². The van der Waals surface area contributed by atoms with Crippen LogP contribution in [0.3, 0.4) is 0 Å². The molecular weight excluding hydrogens is 566 g/mol. The van der Waals surface area contributed by atoms with E-state index in [1.807, 2.05) is 39.8 Å². The number of para-hydroxylation sites is 2. The highest BCUT2D eigenvalue weighted by molar-refractivity contribution is 9.10. The Labute approximate surface area is 232 Å². The maximum absolute atomic E-state index is 13.4. The maximum Gasteiger partial charge on any atom is 0.311 e. The second-order valence-corrected chi connectivity index (χ2v) is 10.7. The van der Waals surface area contributed by atoms with Gasteiger partial charge < -0.3 is 10.1 Å². The smallest absolute Gasteiger partial charge is 0.311 e. The third-order valence-corrected chi connectivity index (χ3v) is 6.27. The van der Waals surface area contributed by atoms with E-state index in [0.29, 0.717) is 26.9 Å². The molecule has 11 heteroatoms. The van der Waals surface area contributed by atoms with Gasteiger partial charge in [0.15, 0.2) is 6.61 Å². The number of carbonyl (C=O) groups excluding carboxylic acids is 1. The number of benzene rings is 3. The van der Waals surface area contributed by atoms with Crippen molar-refractivity contribution < 1.29 is 14.5 Å². The Hall–Kier alpha value is -4.38. The normalized spacial score (nSPS) is 11.6. The Bertz CT molecular complexity index is 1670. The van der Waals surface area contributed by atoms with Crippen molar-refractivity contribution in [2.24, 2.45) is 5.10 Å². The number of nitrogens with zero attached hydrogens (tertiary/aromatic N) is 4. The monoisotopic (exact) mass is 591 g/mol. The molecule has 0 aliphatic rings. The van der Waals surface area contributed by atoms with E-state index < -0.39 is 28.4 Å². The number of amides is 1. The largest absolute Gasteiger partial charge is 0.476 e. The van der Waals surface area contributed by atoms with Crippen LogP contribution in [0.1, 0.15) is 37.7 Å². The predicted octanol–water partition coefficient (Wildman–Crippen LogP) is 5.57. The second kappa shape index (κ2) is 11.2. The van der Waals surface area contributed by atoms with Crippen molar-refractivity contribution in [3.63, 3.8) is 0 Å². The summed E-state index contributed by atoms with van der Waals surface area (Å²) in [6.07, 6.45) is 1.30. The van der Waals surface area contributed by atoms with Crippen LogP contribution < -0.4 is 15.6 Å². The molecule has 4 aromatic rings. The van der Waals surface area contributed by atoms with Crippen LogP contribution in [-0.2, 0) is 10.2 Å². The van der Waals surface area contributed by atoms with Gasteiger partial charge in [0.2, 0.25) is 5.75 Å². The van der Waals surface area contributed by atoms with Crippen LogP contribution in [-0.4, -0.2) is 33.3 Å². The maximum atomic E-state index is 13.4. The number of rotatable bonds is 7. The quantitative estimate of drug-likeness (QED) is 0.170. The summed E-state index contributed by atoms with van der Waals surface area (Å²) >= 11 is 3.38. The SMILES string of the molecule is Cc1ccccc1NC(=O)COc1c(C=Nn2c(C(C)(C)C)nc3ccc(Br)cc3c2=O)cccc1[N+](=O)[O-]. The topological polar surface area (TPSA) is 129 Å². The number of nitro groups is 1. The zero-order chi connectivity index (χ0) is 28.3. The number of aromatic nitrogens is 2. The lowest BCUT2D eigenvalue weighted by Gasteiger charge is -2.21. The number of hydrogen-bond donors (Lipinski definition) is 1. The molecule has 0 aliphatic heterocycles. The molecule has 4 rings (SSSR count). The molecule has 0 bridgehead atoms. The lowest BCUT2D eigenvalue weighted by atomic mass is 9.95. The minimum Gasteiger partial charge on any atom is -0.476 e. The first-order chi connectivity index (χ1) is 18.5. The molecule has 0 saturated heterocycles. The second-order valence-electron chi connectivity index (χ2n) is 9.81. The number of ether oxygens (including phenoxy) is 1. The summed E-state index contributed by atoms with van der Waals surface area (Å²) < 4.78 is 7.55. The van der Waals surface area contributed by atoms with Crippen LogP contribution in [0.2, 0.25) is 0 Å². The number of carbonyl (C=O) groups is 1. The highest BCUT2D eigenvalue weighted by Crippen LogP contribution is 2.30. The molecule has 1 heterocycles. The number of aryl methyl sites for hydroxylation is 1. The van der Waals surface area contributed by atoms with Crippen LogP contribution in [0.15, 0.2) is 75.0 Å². The highest BCUT2D eigenvalue weighted by atomic mass is 79.9. The van der Waals surface area contributed by atoms with Gasteiger partial charge in [0, 0.05) is 27.2 Å². The fourth-order valence-electron chi connectivity index (χ4n) is 3.84. The van der Waals surface area contributed by atoms with E-state index in [0.717, 1.165) is 5.56 Å². The summed E-state index contributed by atoms with van der Waals surface area (Å²) in [5.74, 6) is -0.224. The van der Waals surface area contributed by atoms with Crippen molar-refractivity contribution in [3.8, 4) is 5.75 Å². The minimum atomic E-state index is -0.603. The van der Waals surface area contributed by atoms with E-state index in [-0.39, 0.29) is 17.0 Å². The van der Waals surface area contributed by atoms with Crippen molar-refractivity contribution in [2.45, 2.75) is 33.1 Å². The lowest BCUT2D eigenvalue weighted by molar-refractivity contribution is -0.385. The molecule has 0 atom stereocenters. The Balaban J connectivity index is 1.73. The van der Waals surface area contributed by atoms with Crippen molar-refractivity contribution in [2.75, 3.05) is 11.9 Å². The third-order valence-electron chi connectivity index (χ3n) is 5.78. The van der Waals surface area contributed by atoms with E-state index in [2.05, 4.69) is 31.3 Å². The number of hydrogen-bond acceptors (Lipinski definition) is 7. The molecule has 39 heavy (non-hydrogen) atoms. The van der Waals surface area contributed by atoms with Crippen molar-refractivity contribution in [1.29, 1.82) is 0 Å². The third kappa shape index (κ3) is 6.20. The van der Waals surface area contributed by atoms with E-state index in [9.17, 15) is 19.7 Å². The van der Waals surface area contributed by atoms with Crippen LogP contribution in [0, 0.1) is 17.0 Å². The highest BCUT2D eigenvalue weighted by Gasteiger charge is 2.24. The Kier molecular flexibility index (Phi) is 7.91. The molecule has 0 unspecified atom stereocenters. The van der Waals surface area contributed by atoms with Gasteiger partial charge in [-0.05, 0) is 42.8 Å². The van der Waals surface area contributed by atoms with Gasteiger partial charge in [0.05, 0.1) is 22.0 Å². The van der Waals surface area contributed by atoms with Crippen LogP contribution >= 0.6 is 15.9 Å². The van der Waals surface area contributed by atoms with E-state index >= 15 is 0 Å². The van der Waals surface area contributed by atoms with Gasteiger partial charge >= 0.3 is 5.69 Å². The average Bonchev–Trinajstić information content (AvgIpc) is 2.88.